The molecule has 32 heavy (non-hydrogen) atoms. The van der Waals surface area contributed by atoms with Crippen LogP contribution in [-0.4, -0.2) is 19.2 Å². The van der Waals surface area contributed by atoms with Crippen molar-refractivity contribution in [1.82, 2.24) is 5.43 Å². The Bertz CT molecular complexity index is 1050. The Morgan fingerprint density at radius 1 is 0.938 bits per heavy atom. The quantitative estimate of drug-likeness (QED) is 0.391. The van der Waals surface area contributed by atoms with Crippen molar-refractivity contribution in [3.8, 4) is 11.5 Å². The van der Waals surface area contributed by atoms with E-state index in [4.69, 9.17) is 9.47 Å². The van der Waals surface area contributed by atoms with Crippen LogP contribution in [-0.2, 0) is 23.2 Å². The van der Waals surface area contributed by atoms with Crippen LogP contribution < -0.4 is 14.9 Å². The van der Waals surface area contributed by atoms with Gasteiger partial charge in [0.25, 0.3) is 0 Å². The fourth-order valence-corrected chi connectivity index (χ4v) is 3.15. The summed E-state index contributed by atoms with van der Waals surface area (Å²) in [4.78, 5) is 12.0. The van der Waals surface area contributed by atoms with E-state index in [0.29, 0.717) is 18.1 Å². The molecule has 1 N–H and O–H groups in total. The van der Waals surface area contributed by atoms with Gasteiger partial charge < -0.3 is 9.47 Å². The summed E-state index contributed by atoms with van der Waals surface area (Å²) in [5.41, 5.74) is 6.79. The van der Waals surface area contributed by atoms with E-state index in [0.717, 1.165) is 16.7 Å². The Kier molecular flexibility index (Phi) is 7.66. The summed E-state index contributed by atoms with van der Waals surface area (Å²) in [5.74, 6) is 1.09. The number of ether oxygens (including phenoxy) is 2. The molecular weight excluding hydrogens is 400 g/mol. The molecule has 0 spiro atoms. The van der Waals surface area contributed by atoms with Gasteiger partial charge in [-0.1, -0.05) is 75.4 Å². The average Bonchev–Trinajstić information content (AvgIpc) is 2.78. The summed E-state index contributed by atoms with van der Waals surface area (Å²) >= 11 is 0. The molecule has 0 heterocycles. The number of rotatable bonds is 8. The standard InChI is InChI=1S/C27H30N2O3/c1-27(2,3)23-13-10-21(11-14-23)19-32-24-15-12-22(16-25(24)31-4)18-28-29-26(30)17-20-8-6-5-7-9-20/h5-16,18H,17,19H2,1-4H3,(H,29,30)/b28-18-. The second-order valence-corrected chi connectivity index (χ2v) is 8.60. The number of carbonyl (C=O) groups excluding carboxylic acids is 1. The maximum absolute atomic E-state index is 12.0. The molecular formula is C27H30N2O3. The lowest BCUT2D eigenvalue weighted by Crippen LogP contribution is -2.19. The van der Waals surface area contributed by atoms with E-state index in [1.807, 2.05) is 48.5 Å². The van der Waals surface area contributed by atoms with Crippen LogP contribution in [0.5, 0.6) is 11.5 Å². The molecule has 0 aliphatic heterocycles. The van der Waals surface area contributed by atoms with Crippen molar-refractivity contribution in [3.63, 3.8) is 0 Å². The van der Waals surface area contributed by atoms with Crippen molar-refractivity contribution in [3.05, 3.63) is 95.1 Å². The fraction of sp³-hybridized carbons (Fsp3) is 0.259. The van der Waals surface area contributed by atoms with Gasteiger partial charge in [0, 0.05) is 0 Å². The van der Waals surface area contributed by atoms with Crippen LogP contribution >= 0.6 is 0 Å². The first-order valence-electron chi connectivity index (χ1n) is 10.6. The van der Waals surface area contributed by atoms with E-state index in [1.165, 1.54) is 5.56 Å². The van der Waals surface area contributed by atoms with E-state index in [9.17, 15) is 4.79 Å². The first kappa shape index (κ1) is 23.1. The van der Waals surface area contributed by atoms with Gasteiger partial charge >= 0.3 is 0 Å². The molecule has 0 saturated carbocycles. The highest BCUT2D eigenvalue weighted by molar-refractivity contribution is 5.84. The highest BCUT2D eigenvalue weighted by atomic mass is 16.5. The number of nitrogens with one attached hydrogen (secondary N) is 1. The number of carbonyl (C=O) groups is 1. The zero-order valence-corrected chi connectivity index (χ0v) is 19.1. The molecule has 0 radical (unpaired) electrons. The van der Waals surface area contributed by atoms with E-state index in [2.05, 4.69) is 55.6 Å². The predicted octanol–water partition coefficient (Wildman–Crippen LogP) is 5.26. The Balaban J connectivity index is 1.57. The molecule has 5 heteroatoms. The average molecular weight is 431 g/mol. The van der Waals surface area contributed by atoms with Crippen LogP contribution in [0.15, 0.2) is 77.9 Å². The van der Waals surface area contributed by atoms with Crippen LogP contribution in [0.4, 0.5) is 0 Å². The molecule has 0 bridgehead atoms. The number of methoxy groups -OCH3 is 1. The molecule has 0 aromatic heterocycles. The van der Waals surface area contributed by atoms with Gasteiger partial charge in [0.1, 0.15) is 6.61 Å². The summed E-state index contributed by atoms with van der Waals surface area (Å²) in [6.45, 7) is 7.04. The third-order valence-corrected chi connectivity index (χ3v) is 5.01. The SMILES string of the molecule is COc1cc(/C=N\NC(=O)Cc2ccccc2)ccc1OCc1ccc(C(C)(C)C)cc1. The Labute approximate surface area is 190 Å². The molecule has 3 rings (SSSR count). The third-order valence-electron chi connectivity index (χ3n) is 5.01. The van der Waals surface area contributed by atoms with Crippen molar-refractivity contribution >= 4 is 12.1 Å². The van der Waals surface area contributed by atoms with E-state index in [1.54, 1.807) is 13.3 Å². The first-order valence-corrected chi connectivity index (χ1v) is 10.6. The normalized spacial score (nSPS) is 11.4. The molecule has 1 amide bonds. The van der Waals surface area contributed by atoms with E-state index >= 15 is 0 Å². The molecule has 0 unspecified atom stereocenters. The number of hydrazone groups is 1. The molecule has 5 nitrogen and oxygen atoms in total. The van der Waals surface area contributed by atoms with Crippen molar-refractivity contribution in [2.24, 2.45) is 5.10 Å². The lowest BCUT2D eigenvalue weighted by atomic mass is 9.87. The van der Waals surface area contributed by atoms with Crippen molar-refractivity contribution < 1.29 is 14.3 Å². The van der Waals surface area contributed by atoms with Crippen molar-refractivity contribution in [2.45, 2.75) is 39.2 Å². The van der Waals surface area contributed by atoms with Crippen LogP contribution in [0.25, 0.3) is 0 Å². The third kappa shape index (κ3) is 6.71. The Morgan fingerprint density at radius 3 is 2.31 bits per heavy atom. The maximum atomic E-state index is 12.0. The smallest absolute Gasteiger partial charge is 0.244 e. The summed E-state index contributed by atoms with van der Waals surface area (Å²) in [6, 6.07) is 23.5. The van der Waals surface area contributed by atoms with Crippen LogP contribution in [0.3, 0.4) is 0 Å². The van der Waals surface area contributed by atoms with Crippen LogP contribution in [0.1, 0.15) is 43.0 Å². The van der Waals surface area contributed by atoms with Crippen LogP contribution in [0, 0.1) is 0 Å². The van der Waals surface area contributed by atoms with E-state index in [-0.39, 0.29) is 17.7 Å². The zero-order chi connectivity index (χ0) is 23.0. The molecule has 0 saturated heterocycles. The second kappa shape index (κ2) is 10.6. The van der Waals surface area contributed by atoms with Gasteiger partial charge in [0.15, 0.2) is 11.5 Å². The number of amides is 1. The minimum Gasteiger partial charge on any atom is -0.493 e. The van der Waals surface area contributed by atoms with Gasteiger partial charge in [-0.15, -0.1) is 0 Å². The van der Waals surface area contributed by atoms with Gasteiger partial charge in [-0.05, 0) is 45.9 Å². The van der Waals surface area contributed by atoms with E-state index < -0.39 is 0 Å². The van der Waals surface area contributed by atoms with Crippen LogP contribution in [0.2, 0.25) is 0 Å². The van der Waals surface area contributed by atoms with Crippen molar-refractivity contribution in [1.29, 1.82) is 0 Å². The summed E-state index contributed by atoms with van der Waals surface area (Å²) in [5, 5.41) is 4.04. The highest BCUT2D eigenvalue weighted by Crippen LogP contribution is 2.29. The molecule has 0 atom stereocenters. The topological polar surface area (TPSA) is 59.9 Å². The molecule has 0 aliphatic carbocycles. The van der Waals surface area contributed by atoms with Gasteiger partial charge in [-0.25, -0.2) is 5.43 Å². The molecule has 0 aliphatic rings. The van der Waals surface area contributed by atoms with Crippen molar-refractivity contribution in [2.75, 3.05) is 7.11 Å². The summed E-state index contributed by atoms with van der Waals surface area (Å²) in [6.07, 6.45) is 1.87. The lowest BCUT2D eigenvalue weighted by Gasteiger charge is -2.19. The Hall–Kier alpha value is -3.60. The molecule has 3 aromatic rings. The minimum atomic E-state index is -0.170. The molecule has 0 fully saturated rings. The summed E-state index contributed by atoms with van der Waals surface area (Å²) in [7, 11) is 1.60. The van der Waals surface area contributed by atoms with Gasteiger partial charge in [0.05, 0.1) is 19.7 Å². The monoisotopic (exact) mass is 430 g/mol. The molecule has 3 aromatic carbocycles. The number of hydrogen-bond donors (Lipinski definition) is 1. The Morgan fingerprint density at radius 2 is 1.66 bits per heavy atom. The lowest BCUT2D eigenvalue weighted by molar-refractivity contribution is -0.120. The maximum Gasteiger partial charge on any atom is 0.244 e. The van der Waals surface area contributed by atoms with Gasteiger partial charge in [0.2, 0.25) is 5.91 Å². The largest absolute Gasteiger partial charge is 0.493 e. The predicted molar refractivity (Wildman–Crippen MR) is 128 cm³/mol. The van der Waals surface area contributed by atoms with Gasteiger partial charge in [-0.2, -0.15) is 5.10 Å². The fourth-order valence-electron chi connectivity index (χ4n) is 3.15. The zero-order valence-electron chi connectivity index (χ0n) is 19.1. The minimum absolute atomic E-state index is 0.126. The number of hydrogen-bond acceptors (Lipinski definition) is 4. The first-order chi connectivity index (χ1) is 15.3. The summed E-state index contributed by atoms with van der Waals surface area (Å²) < 4.78 is 11.4. The highest BCUT2D eigenvalue weighted by Gasteiger charge is 2.13. The van der Waals surface area contributed by atoms with Gasteiger partial charge in [-0.3, -0.25) is 4.79 Å². The number of benzene rings is 3. The number of nitrogens with zero attached hydrogens (tertiary/aromatic N) is 1. The molecule has 166 valence electrons. The second-order valence-electron chi connectivity index (χ2n) is 8.60.